The Kier molecular flexibility index (Phi) is 7.03. The number of aromatic nitrogens is 4. The van der Waals surface area contributed by atoms with Crippen LogP contribution in [0, 0.1) is 6.92 Å². The molecule has 3 aliphatic heterocycles. The van der Waals surface area contributed by atoms with Gasteiger partial charge in [0.05, 0.1) is 6.54 Å². The highest BCUT2D eigenvalue weighted by atomic mass is 32.2. The molecule has 0 spiro atoms. The number of β-lactam (4-membered cyclic amide) rings is 1. The van der Waals surface area contributed by atoms with E-state index in [9.17, 15) is 29.4 Å². The number of nitrogens with zero attached hydrogens (tertiary/aromatic N) is 6. The third-order valence-electron chi connectivity index (χ3n) is 6.78. The molecule has 5 heterocycles. The Hall–Kier alpha value is -3.99. The number of thiazole rings is 1. The molecule has 2 amide bonds. The number of hydrogen-bond donors (Lipinski definition) is 4. The number of nitrogen functional groups attached to an aromatic ring is 1. The number of nitrogens with two attached hydrogens (primary N) is 1. The predicted molar refractivity (Wildman–Crippen MR) is 141 cm³/mol. The van der Waals surface area contributed by atoms with Gasteiger partial charge in [0, 0.05) is 35.1 Å². The van der Waals surface area contributed by atoms with Crippen LogP contribution >= 0.6 is 23.1 Å². The van der Waals surface area contributed by atoms with E-state index in [2.05, 4.69) is 20.6 Å². The largest absolute Gasteiger partial charge is 0.478 e. The molecule has 2 aromatic rings. The summed E-state index contributed by atoms with van der Waals surface area (Å²) in [5.41, 5.74) is 4.09. The molecular formula is C23H27N8O7S2+. The van der Waals surface area contributed by atoms with E-state index in [0.717, 1.165) is 42.4 Å². The molecule has 5 rings (SSSR count). The molecular weight excluding hydrogens is 564 g/mol. The Morgan fingerprint density at radius 3 is 2.75 bits per heavy atom. The highest BCUT2D eigenvalue weighted by molar-refractivity contribution is 8.00. The van der Waals surface area contributed by atoms with Crippen molar-refractivity contribution in [3.63, 3.8) is 0 Å². The molecule has 2 atom stereocenters. The van der Waals surface area contributed by atoms with Crippen LogP contribution in [0.2, 0.25) is 0 Å². The van der Waals surface area contributed by atoms with Crippen LogP contribution in [0.25, 0.3) is 0 Å². The van der Waals surface area contributed by atoms with Gasteiger partial charge >= 0.3 is 11.9 Å². The maximum atomic E-state index is 13.2. The van der Waals surface area contributed by atoms with Gasteiger partial charge in [-0.1, -0.05) is 5.16 Å². The number of anilines is 1. The first kappa shape index (κ1) is 27.6. The predicted octanol–water partition coefficient (Wildman–Crippen LogP) is -0.513. The fourth-order valence-electron chi connectivity index (χ4n) is 4.65. The molecule has 212 valence electrons. The number of aliphatic carboxylic acids is 2. The van der Waals surface area contributed by atoms with Gasteiger partial charge in [0.15, 0.2) is 10.8 Å². The van der Waals surface area contributed by atoms with E-state index in [1.165, 1.54) is 35.9 Å². The molecule has 0 aliphatic carbocycles. The molecule has 1 saturated heterocycles. The first-order chi connectivity index (χ1) is 18.9. The van der Waals surface area contributed by atoms with Crippen LogP contribution in [0.1, 0.15) is 37.6 Å². The first-order valence-electron chi connectivity index (χ1n) is 12.3. The Bertz CT molecular complexity index is 1490. The molecule has 5 N–H and O–H groups in total. The second kappa shape index (κ2) is 10.2. The van der Waals surface area contributed by atoms with Crippen molar-refractivity contribution in [2.75, 3.05) is 11.5 Å². The summed E-state index contributed by atoms with van der Waals surface area (Å²) in [5.74, 6) is -1.87. The summed E-state index contributed by atoms with van der Waals surface area (Å²) in [6, 6.07) is -1.04. The lowest BCUT2D eigenvalue weighted by Gasteiger charge is -2.49. The molecule has 1 fully saturated rings. The number of carboxylic acids is 2. The van der Waals surface area contributed by atoms with E-state index in [-0.39, 0.29) is 22.2 Å². The minimum Gasteiger partial charge on any atom is -0.478 e. The maximum absolute atomic E-state index is 13.2. The van der Waals surface area contributed by atoms with Crippen molar-refractivity contribution < 1.29 is 38.8 Å². The van der Waals surface area contributed by atoms with Gasteiger partial charge in [0.1, 0.15) is 29.4 Å². The van der Waals surface area contributed by atoms with Crippen molar-refractivity contribution in [2.45, 2.75) is 63.7 Å². The van der Waals surface area contributed by atoms with Crippen molar-refractivity contribution in [3.8, 4) is 0 Å². The van der Waals surface area contributed by atoms with Gasteiger partial charge in [-0.15, -0.1) is 27.8 Å². The minimum atomic E-state index is -1.75. The fourth-order valence-corrected chi connectivity index (χ4v) is 6.54. The first-order valence-corrected chi connectivity index (χ1v) is 14.2. The van der Waals surface area contributed by atoms with Crippen LogP contribution in [0.5, 0.6) is 0 Å². The average Bonchev–Trinajstić information content (AvgIpc) is 3.60. The van der Waals surface area contributed by atoms with Crippen LogP contribution in [-0.4, -0.2) is 82.1 Å². The monoisotopic (exact) mass is 591 g/mol. The number of amides is 2. The molecule has 40 heavy (non-hydrogen) atoms. The van der Waals surface area contributed by atoms with E-state index in [0.29, 0.717) is 17.9 Å². The topological polar surface area (TPSA) is 206 Å². The van der Waals surface area contributed by atoms with Crippen molar-refractivity contribution >= 4 is 57.7 Å². The third kappa shape index (κ3) is 4.78. The third-order valence-corrected chi connectivity index (χ3v) is 8.79. The molecule has 17 heteroatoms. The Morgan fingerprint density at radius 2 is 2.10 bits per heavy atom. The SMILES string of the molecule is Cc1nn2c([n+]1CC1=C(C(=O)O)N3C(=O)[C@@H](NC(=O)/C(=N\OC(C)(C)C(=O)O)c4csc(N)n4)[C@H]3SC1)CCC2. The van der Waals surface area contributed by atoms with E-state index >= 15 is 0 Å². The van der Waals surface area contributed by atoms with Crippen molar-refractivity contribution in [1.29, 1.82) is 0 Å². The average molecular weight is 592 g/mol. The van der Waals surface area contributed by atoms with Gasteiger partial charge in [-0.05, 0) is 20.3 Å². The number of rotatable bonds is 9. The second-order valence-electron chi connectivity index (χ2n) is 9.91. The zero-order valence-corrected chi connectivity index (χ0v) is 23.4. The maximum Gasteiger partial charge on any atom is 0.352 e. The van der Waals surface area contributed by atoms with Crippen LogP contribution in [0.15, 0.2) is 21.8 Å². The number of hydrogen-bond acceptors (Lipinski definition) is 11. The normalized spacial score (nSPS) is 20.6. The lowest BCUT2D eigenvalue weighted by atomic mass is 10.0. The number of carbonyl (C=O) groups excluding carboxylic acids is 2. The number of carbonyl (C=O) groups is 4. The summed E-state index contributed by atoms with van der Waals surface area (Å²) in [6.07, 6.45) is 1.80. The van der Waals surface area contributed by atoms with Gasteiger partial charge in [-0.3, -0.25) is 14.5 Å². The van der Waals surface area contributed by atoms with Gasteiger partial charge < -0.3 is 26.1 Å². The highest BCUT2D eigenvalue weighted by Gasteiger charge is 2.54. The van der Waals surface area contributed by atoms with Crippen molar-refractivity contribution in [1.82, 2.24) is 25.0 Å². The summed E-state index contributed by atoms with van der Waals surface area (Å²) in [5, 5.41) is 31.1. The number of nitrogens with one attached hydrogen (secondary N) is 1. The Labute approximate surface area is 235 Å². The summed E-state index contributed by atoms with van der Waals surface area (Å²) in [4.78, 5) is 60.5. The van der Waals surface area contributed by atoms with Crippen LogP contribution < -0.4 is 15.6 Å². The van der Waals surface area contributed by atoms with Gasteiger partial charge in [0.2, 0.25) is 11.4 Å². The number of carboxylic acid groups (broad SMARTS) is 2. The van der Waals surface area contributed by atoms with Gasteiger partial charge in [-0.2, -0.15) is 0 Å². The van der Waals surface area contributed by atoms with E-state index in [1.807, 2.05) is 16.2 Å². The quantitative estimate of drug-likeness (QED) is 0.126. The summed E-state index contributed by atoms with van der Waals surface area (Å²) < 4.78 is 3.91. The van der Waals surface area contributed by atoms with Gasteiger partial charge in [0.25, 0.3) is 17.6 Å². The zero-order chi connectivity index (χ0) is 28.9. The number of oxime groups is 1. The second-order valence-corrected chi connectivity index (χ2v) is 11.9. The van der Waals surface area contributed by atoms with Crippen LogP contribution in [0.3, 0.4) is 0 Å². The van der Waals surface area contributed by atoms with Crippen molar-refractivity contribution in [2.24, 2.45) is 5.16 Å². The molecule has 15 nitrogen and oxygen atoms in total. The number of thioether (sulfide) groups is 1. The Morgan fingerprint density at radius 1 is 1.35 bits per heavy atom. The highest BCUT2D eigenvalue weighted by Crippen LogP contribution is 2.40. The molecule has 0 aromatic carbocycles. The summed E-state index contributed by atoms with van der Waals surface area (Å²) in [6.45, 7) is 5.48. The molecule has 0 bridgehead atoms. The molecule has 0 saturated carbocycles. The number of fused-ring (bicyclic) bond motifs is 2. The van der Waals surface area contributed by atoms with E-state index < -0.39 is 40.8 Å². The summed E-state index contributed by atoms with van der Waals surface area (Å²) in [7, 11) is 0. The smallest absolute Gasteiger partial charge is 0.352 e. The van der Waals surface area contributed by atoms with Crippen molar-refractivity contribution in [3.05, 3.63) is 34.0 Å². The van der Waals surface area contributed by atoms with Crippen LogP contribution in [0.4, 0.5) is 5.13 Å². The van der Waals surface area contributed by atoms with Crippen LogP contribution in [-0.2, 0) is 43.5 Å². The standard InChI is InChI=1S/C23H26N8O7S2/c1-10-27-30-6-4-5-13(30)29(10)7-11-8-39-19-15(18(33)31(19)16(11)20(34)35)26-17(32)14(12-9-40-22(24)25-12)28-38-23(2,3)21(36)37/h9,15,19H,4-8H2,1-3H3,(H4-,24,25,26,32,34,35,36,37)/p+1/b28-14-/t15-,19-/m1/s1. The molecule has 0 radical (unpaired) electrons. The van der Waals surface area contributed by atoms with E-state index in [1.54, 1.807) is 0 Å². The Balaban J connectivity index is 1.37. The molecule has 2 aromatic heterocycles. The minimum absolute atomic E-state index is 0.0376. The molecule has 3 aliphatic rings. The van der Waals surface area contributed by atoms with Gasteiger partial charge in [-0.25, -0.2) is 19.1 Å². The summed E-state index contributed by atoms with van der Waals surface area (Å²) >= 11 is 2.37. The molecule has 0 unspecified atom stereocenters. The lowest BCUT2D eigenvalue weighted by molar-refractivity contribution is -0.702. The fraction of sp³-hybridized carbons (Fsp3) is 0.478. The zero-order valence-electron chi connectivity index (χ0n) is 21.8. The lowest BCUT2D eigenvalue weighted by Crippen LogP contribution is -2.71. The van der Waals surface area contributed by atoms with E-state index in [4.69, 9.17) is 10.6 Å². The number of aryl methyl sites for hydroxylation is 2.